The van der Waals surface area contributed by atoms with Gasteiger partial charge in [0.05, 0.1) is 0 Å². The summed E-state index contributed by atoms with van der Waals surface area (Å²) in [6.45, 7) is 0. The Morgan fingerprint density at radius 1 is 0.387 bits per heavy atom. The van der Waals surface area contributed by atoms with Crippen molar-refractivity contribution in [1.82, 2.24) is 0 Å². The van der Waals surface area contributed by atoms with E-state index in [-0.39, 0.29) is 0 Å². The summed E-state index contributed by atoms with van der Waals surface area (Å²) in [4.78, 5) is 0. The highest BCUT2D eigenvalue weighted by Gasteiger charge is 2.11. The molecule has 0 aliphatic rings. The molecule has 0 amide bonds. The van der Waals surface area contributed by atoms with Crippen LogP contribution in [-0.4, -0.2) is 0 Å². The molecule has 31 heavy (non-hydrogen) atoms. The highest BCUT2D eigenvalue weighted by atomic mass is 35.5. The van der Waals surface area contributed by atoms with Crippen LogP contribution in [0.25, 0.3) is 54.6 Å². The molecule has 0 N–H and O–H groups in total. The van der Waals surface area contributed by atoms with Gasteiger partial charge >= 0.3 is 0 Å². The van der Waals surface area contributed by atoms with Gasteiger partial charge in [-0.2, -0.15) is 0 Å². The second-order valence-electron chi connectivity index (χ2n) is 7.94. The van der Waals surface area contributed by atoms with E-state index in [1.54, 1.807) is 0 Å². The van der Waals surface area contributed by atoms with Crippen LogP contribution >= 0.6 is 11.6 Å². The van der Waals surface area contributed by atoms with Gasteiger partial charge in [-0.1, -0.05) is 103 Å². The number of benzene rings is 6. The number of hydrogen-bond acceptors (Lipinski definition) is 0. The maximum atomic E-state index is 6.32. The van der Waals surface area contributed by atoms with Crippen LogP contribution in [0.1, 0.15) is 0 Å². The van der Waals surface area contributed by atoms with Crippen LogP contribution in [-0.2, 0) is 0 Å². The molecule has 0 spiro atoms. The van der Waals surface area contributed by atoms with Crippen LogP contribution < -0.4 is 0 Å². The van der Waals surface area contributed by atoms with Crippen molar-refractivity contribution in [2.75, 3.05) is 0 Å². The lowest BCUT2D eigenvalue weighted by Gasteiger charge is -2.13. The van der Waals surface area contributed by atoms with Crippen LogP contribution in [0.15, 0.2) is 115 Å². The molecule has 0 aliphatic heterocycles. The van der Waals surface area contributed by atoms with Gasteiger partial charge in [0.25, 0.3) is 0 Å². The van der Waals surface area contributed by atoms with E-state index < -0.39 is 0 Å². The predicted octanol–water partition coefficient (Wildman–Crippen LogP) is 9.13. The van der Waals surface area contributed by atoms with Crippen LogP contribution in [0, 0.1) is 0 Å². The lowest BCUT2D eigenvalue weighted by Crippen LogP contribution is -1.87. The summed E-state index contributed by atoms with van der Waals surface area (Å²) in [7, 11) is 0. The van der Waals surface area contributed by atoms with Crippen LogP contribution in [0.3, 0.4) is 0 Å². The molecule has 0 heterocycles. The van der Waals surface area contributed by atoms with Gasteiger partial charge in [0, 0.05) is 5.02 Å². The first kappa shape index (κ1) is 18.2. The molecule has 0 fully saturated rings. The molecule has 0 saturated carbocycles. The molecule has 0 saturated heterocycles. The van der Waals surface area contributed by atoms with Gasteiger partial charge in [0.2, 0.25) is 0 Å². The van der Waals surface area contributed by atoms with E-state index >= 15 is 0 Å². The third-order valence-electron chi connectivity index (χ3n) is 6.10. The van der Waals surface area contributed by atoms with Crippen LogP contribution in [0.5, 0.6) is 0 Å². The molecule has 146 valence electrons. The van der Waals surface area contributed by atoms with Gasteiger partial charge in [-0.05, 0) is 78.8 Å². The minimum atomic E-state index is 0.756. The van der Waals surface area contributed by atoms with Gasteiger partial charge in [0.1, 0.15) is 0 Å². The van der Waals surface area contributed by atoms with Crippen molar-refractivity contribution in [2.45, 2.75) is 0 Å². The fraction of sp³-hybridized carbons (Fsp3) is 0. The number of rotatable bonds is 2. The van der Waals surface area contributed by atoms with Crippen molar-refractivity contribution in [3.63, 3.8) is 0 Å². The quantitative estimate of drug-likeness (QED) is 0.248. The maximum absolute atomic E-state index is 6.32. The summed E-state index contributed by atoms with van der Waals surface area (Å²) in [6, 6.07) is 41.0. The van der Waals surface area contributed by atoms with E-state index in [0.29, 0.717) is 0 Å². The van der Waals surface area contributed by atoms with E-state index in [1.165, 1.54) is 49.0 Å². The summed E-state index contributed by atoms with van der Waals surface area (Å²) in [5.74, 6) is 0. The van der Waals surface area contributed by atoms with Crippen LogP contribution in [0.4, 0.5) is 0 Å². The zero-order valence-corrected chi connectivity index (χ0v) is 17.6. The Morgan fingerprint density at radius 2 is 1.10 bits per heavy atom. The average molecular weight is 415 g/mol. The lowest BCUT2D eigenvalue weighted by molar-refractivity contribution is 1.65. The Kier molecular flexibility index (Phi) is 4.26. The van der Waals surface area contributed by atoms with Crippen molar-refractivity contribution in [2.24, 2.45) is 0 Å². The summed E-state index contributed by atoms with van der Waals surface area (Å²) in [6.07, 6.45) is 0. The van der Waals surface area contributed by atoms with Gasteiger partial charge in [-0.15, -0.1) is 0 Å². The molecule has 0 bridgehead atoms. The number of hydrogen-bond donors (Lipinski definition) is 0. The number of fused-ring (bicyclic) bond motifs is 4. The second kappa shape index (κ2) is 7.27. The first-order valence-corrected chi connectivity index (χ1v) is 10.9. The largest absolute Gasteiger partial charge is 0.0843 e. The molecule has 0 radical (unpaired) electrons. The molecular weight excluding hydrogens is 396 g/mol. The summed E-state index contributed by atoms with van der Waals surface area (Å²) in [5, 5.41) is 8.31. The standard InChI is InChI=1S/C30H19Cl/c31-24-10-5-9-21(18-24)30-19-23-17-22(15-16-27(23)28-12-3-4-13-29(28)30)26-14-6-8-20-7-1-2-11-25(20)26/h1-19H. The van der Waals surface area contributed by atoms with E-state index in [0.717, 1.165) is 10.6 Å². The lowest BCUT2D eigenvalue weighted by atomic mass is 9.91. The molecule has 6 rings (SSSR count). The SMILES string of the molecule is Clc1cccc(-c2cc3cc(-c4cccc5ccccc45)ccc3c3ccccc23)c1. The van der Waals surface area contributed by atoms with Crippen molar-refractivity contribution in [3.8, 4) is 22.3 Å². The van der Waals surface area contributed by atoms with Gasteiger partial charge in [-0.3, -0.25) is 0 Å². The Morgan fingerprint density at radius 3 is 1.97 bits per heavy atom. The highest BCUT2D eigenvalue weighted by molar-refractivity contribution is 6.31. The Hall–Kier alpha value is -3.61. The van der Waals surface area contributed by atoms with Crippen LogP contribution in [0.2, 0.25) is 5.02 Å². The molecule has 0 unspecified atom stereocenters. The fourth-order valence-electron chi connectivity index (χ4n) is 4.65. The Labute approximate surface area is 186 Å². The molecule has 0 aliphatic carbocycles. The summed E-state index contributed by atoms with van der Waals surface area (Å²) >= 11 is 6.32. The van der Waals surface area contributed by atoms with E-state index in [2.05, 4.69) is 97.1 Å². The smallest absolute Gasteiger partial charge is 0.0412 e. The molecule has 6 aromatic carbocycles. The van der Waals surface area contributed by atoms with E-state index in [1.807, 2.05) is 18.2 Å². The van der Waals surface area contributed by atoms with Gasteiger partial charge in [-0.25, -0.2) is 0 Å². The normalized spacial score (nSPS) is 11.4. The first-order chi connectivity index (χ1) is 15.3. The van der Waals surface area contributed by atoms with E-state index in [4.69, 9.17) is 11.6 Å². The minimum absolute atomic E-state index is 0.756. The van der Waals surface area contributed by atoms with Crippen molar-refractivity contribution >= 4 is 43.9 Å². The monoisotopic (exact) mass is 414 g/mol. The summed E-state index contributed by atoms with van der Waals surface area (Å²) in [5.41, 5.74) is 4.84. The number of halogens is 1. The third kappa shape index (κ3) is 3.08. The molecule has 6 aromatic rings. The van der Waals surface area contributed by atoms with Crippen molar-refractivity contribution in [1.29, 1.82) is 0 Å². The molecule has 0 aromatic heterocycles. The fourth-order valence-corrected chi connectivity index (χ4v) is 4.84. The topological polar surface area (TPSA) is 0 Å². The second-order valence-corrected chi connectivity index (χ2v) is 8.38. The minimum Gasteiger partial charge on any atom is -0.0843 e. The molecule has 0 nitrogen and oxygen atoms in total. The summed E-state index contributed by atoms with van der Waals surface area (Å²) < 4.78 is 0. The third-order valence-corrected chi connectivity index (χ3v) is 6.33. The first-order valence-electron chi connectivity index (χ1n) is 10.5. The molecule has 0 atom stereocenters. The van der Waals surface area contributed by atoms with Crippen molar-refractivity contribution in [3.05, 3.63) is 120 Å². The molecular formula is C30H19Cl. The van der Waals surface area contributed by atoms with Crippen molar-refractivity contribution < 1.29 is 0 Å². The highest BCUT2D eigenvalue weighted by Crippen LogP contribution is 2.38. The molecule has 1 heteroatoms. The Balaban J connectivity index is 1.66. The Bertz CT molecular complexity index is 1590. The van der Waals surface area contributed by atoms with Gasteiger partial charge < -0.3 is 0 Å². The van der Waals surface area contributed by atoms with E-state index in [9.17, 15) is 0 Å². The average Bonchev–Trinajstić information content (AvgIpc) is 2.83. The zero-order chi connectivity index (χ0) is 20.8. The zero-order valence-electron chi connectivity index (χ0n) is 16.8. The van der Waals surface area contributed by atoms with Gasteiger partial charge in [0.15, 0.2) is 0 Å². The predicted molar refractivity (Wildman–Crippen MR) is 135 cm³/mol. The maximum Gasteiger partial charge on any atom is 0.0412 e.